The first kappa shape index (κ1) is 16.8. The van der Waals surface area contributed by atoms with Crippen LogP contribution in [0.25, 0.3) is 0 Å². The van der Waals surface area contributed by atoms with Crippen molar-refractivity contribution in [1.82, 2.24) is 0 Å². The van der Waals surface area contributed by atoms with Crippen LogP contribution >= 0.6 is 0 Å². The quantitative estimate of drug-likeness (QED) is 0.515. The lowest BCUT2D eigenvalue weighted by Crippen LogP contribution is -2.34. The molecule has 0 nitrogen and oxygen atoms in total. The fourth-order valence-electron chi connectivity index (χ4n) is 4.15. The maximum Gasteiger partial charge on any atom is -0.00670 e. The van der Waals surface area contributed by atoms with E-state index in [1.807, 2.05) is 12.2 Å². The third-order valence-electron chi connectivity index (χ3n) is 5.42. The summed E-state index contributed by atoms with van der Waals surface area (Å²) in [6.45, 7) is 15.0. The monoisotopic (exact) mass is 294 g/mol. The van der Waals surface area contributed by atoms with E-state index in [0.29, 0.717) is 5.92 Å². The van der Waals surface area contributed by atoms with Gasteiger partial charge in [-0.2, -0.15) is 0 Å². The van der Waals surface area contributed by atoms with Gasteiger partial charge in [0.15, 0.2) is 0 Å². The zero-order valence-electron chi connectivity index (χ0n) is 14.4. The molecular formula is C22H30. The highest BCUT2D eigenvalue weighted by Crippen LogP contribution is 2.53. The molecule has 1 fully saturated rings. The fourth-order valence-corrected chi connectivity index (χ4v) is 4.15. The van der Waals surface area contributed by atoms with Crippen LogP contribution in [-0.2, 0) is 0 Å². The van der Waals surface area contributed by atoms with E-state index < -0.39 is 0 Å². The van der Waals surface area contributed by atoms with Crippen molar-refractivity contribution in [1.29, 1.82) is 0 Å². The van der Waals surface area contributed by atoms with E-state index in [1.165, 1.54) is 36.8 Å². The standard InChI is InChI=1S/C22H30/c1-6-10-19(7-2)21(4)15-9-16-22(5,17-21)20-12-8-11-18(3)13-14-20/h6-8,10-14,18H,1-2,9,15-17H2,3-5H3/b19-10+. The fraction of sp³-hybridized carbons (Fsp3) is 0.455. The summed E-state index contributed by atoms with van der Waals surface area (Å²) in [6.07, 6.45) is 22.5. The molecule has 3 atom stereocenters. The Hall–Kier alpha value is -1.56. The first-order valence-electron chi connectivity index (χ1n) is 8.46. The number of hydrogen-bond acceptors (Lipinski definition) is 0. The largest absolute Gasteiger partial charge is 0.0991 e. The minimum atomic E-state index is 0.194. The van der Waals surface area contributed by atoms with E-state index in [2.05, 4.69) is 70.4 Å². The van der Waals surface area contributed by atoms with Gasteiger partial charge in [0.2, 0.25) is 0 Å². The summed E-state index contributed by atoms with van der Waals surface area (Å²) in [5.41, 5.74) is 3.23. The van der Waals surface area contributed by atoms with Crippen molar-refractivity contribution in [2.45, 2.75) is 46.5 Å². The molecule has 0 aromatic heterocycles. The molecule has 2 aliphatic rings. The molecule has 0 heteroatoms. The Bertz CT molecular complexity index is 555. The van der Waals surface area contributed by atoms with Gasteiger partial charge < -0.3 is 0 Å². The highest BCUT2D eigenvalue weighted by atomic mass is 14.5. The topological polar surface area (TPSA) is 0 Å². The second-order valence-electron chi connectivity index (χ2n) is 7.44. The molecule has 0 radical (unpaired) electrons. The van der Waals surface area contributed by atoms with Crippen molar-refractivity contribution in [3.05, 3.63) is 72.9 Å². The zero-order chi connectivity index (χ0) is 16.2. The van der Waals surface area contributed by atoms with Crippen molar-refractivity contribution in [3.63, 3.8) is 0 Å². The molecule has 22 heavy (non-hydrogen) atoms. The van der Waals surface area contributed by atoms with Gasteiger partial charge in [-0.3, -0.25) is 0 Å². The lowest BCUT2D eigenvalue weighted by molar-refractivity contribution is 0.150. The third-order valence-corrected chi connectivity index (χ3v) is 5.42. The van der Waals surface area contributed by atoms with Gasteiger partial charge in [0.1, 0.15) is 0 Å². The Labute approximate surface area is 136 Å². The molecule has 0 bridgehead atoms. The van der Waals surface area contributed by atoms with Crippen molar-refractivity contribution >= 4 is 0 Å². The Kier molecular flexibility index (Phi) is 5.11. The van der Waals surface area contributed by atoms with E-state index in [0.717, 1.165) is 0 Å². The Morgan fingerprint density at radius 1 is 1.23 bits per heavy atom. The average molecular weight is 294 g/mol. The molecule has 0 saturated heterocycles. The van der Waals surface area contributed by atoms with Gasteiger partial charge in [0, 0.05) is 0 Å². The summed E-state index contributed by atoms with van der Waals surface area (Å²) in [5.74, 6) is 0.525. The van der Waals surface area contributed by atoms with Gasteiger partial charge in [-0.25, -0.2) is 0 Å². The summed E-state index contributed by atoms with van der Waals surface area (Å²) in [5, 5.41) is 0. The van der Waals surface area contributed by atoms with Crippen LogP contribution in [0.4, 0.5) is 0 Å². The second kappa shape index (κ2) is 6.69. The maximum absolute atomic E-state index is 4.03. The first-order valence-corrected chi connectivity index (χ1v) is 8.46. The van der Waals surface area contributed by atoms with Gasteiger partial charge in [-0.15, -0.1) is 0 Å². The smallest absolute Gasteiger partial charge is 0.00670 e. The summed E-state index contributed by atoms with van der Waals surface area (Å²) in [4.78, 5) is 0. The summed E-state index contributed by atoms with van der Waals surface area (Å²) in [7, 11) is 0. The highest BCUT2D eigenvalue weighted by molar-refractivity contribution is 5.37. The average Bonchev–Trinajstić information content (AvgIpc) is 2.69. The van der Waals surface area contributed by atoms with Crippen LogP contribution in [0, 0.1) is 16.7 Å². The summed E-state index contributed by atoms with van der Waals surface area (Å²) < 4.78 is 0. The molecule has 2 rings (SSSR count). The number of allylic oxidation sites excluding steroid dienone is 10. The van der Waals surface area contributed by atoms with E-state index in [1.54, 1.807) is 0 Å². The summed E-state index contributed by atoms with van der Waals surface area (Å²) >= 11 is 0. The van der Waals surface area contributed by atoms with E-state index in [4.69, 9.17) is 0 Å². The Morgan fingerprint density at radius 2 is 2.00 bits per heavy atom. The van der Waals surface area contributed by atoms with E-state index in [-0.39, 0.29) is 10.8 Å². The molecule has 0 amide bonds. The SMILES string of the molecule is C=C/C=C(\C=C)C1(C)CCCC(C)(C2=CC=CC(C)C=C2)C1. The van der Waals surface area contributed by atoms with Crippen LogP contribution in [0.3, 0.4) is 0 Å². The second-order valence-corrected chi connectivity index (χ2v) is 7.44. The van der Waals surface area contributed by atoms with Gasteiger partial charge in [-0.1, -0.05) is 89.0 Å². The molecule has 0 spiro atoms. The lowest BCUT2D eigenvalue weighted by Gasteiger charge is -2.46. The molecule has 0 heterocycles. The molecule has 0 aliphatic heterocycles. The molecule has 1 saturated carbocycles. The molecule has 0 aromatic carbocycles. The van der Waals surface area contributed by atoms with Crippen LogP contribution in [-0.4, -0.2) is 0 Å². The Balaban J connectivity index is 2.33. The van der Waals surface area contributed by atoms with E-state index in [9.17, 15) is 0 Å². The molecule has 0 N–H and O–H groups in total. The minimum absolute atomic E-state index is 0.194. The van der Waals surface area contributed by atoms with Crippen molar-refractivity contribution in [2.24, 2.45) is 16.7 Å². The van der Waals surface area contributed by atoms with Gasteiger partial charge in [0.25, 0.3) is 0 Å². The van der Waals surface area contributed by atoms with Crippen molar-refractivity contribution in [3.8, 4) is 0 Å². The minimum Gasteiger partial charge on any atom is -0.0991 e. The van der Waals surface area contributed by atoms with Crippen LogP contribution in [0.1, 0.15) is 46.5 Å². The lowest BCUT2D eigenvalue weighted by atomic mass is 9.58. The predicted octanol–water partition coefficient (Wildman–Crippen LogP) is 6.56. The molecule has 118 valence electrons. The van der Waals surface area contributed by atoms with Crippen LogP contribution < -0.4 is 0 Å². The third kappa shape index (κ3) is 3.43. The molecule has 0 aromatic rings. The number of hydrogen-bond donors (Lipinski definition) is 0. The molecule has 3 unspecified atom stereocenters. The van der Waals surface area contributed by atoms with Crippen LogP contribution in [0.15, 0.2) is 72.9 Å². The van der Waals surface area contributed by atoms with Crippen molar-refractivity contribution in [2.75, 3.05) is 0 Å². The Morgan fingerprint density at radius 3 is 2.68 bits per heavy atom. The highest BCUT2D eigenvalue weighted by Gasteiger charge is 2.41. The zero-order valence-corrected chi connectivity index (χ0v) is 14.4. The van der Waals surface area contributed by atoms with Gasteiger partial charge >= 0.3 is 0 Å². The molecular weight excluding hydrogens is 264 g/mol. The maximum atomic E-state index is 4.03. The van der Waals surface area contributed by atoms with Crippen LogP contribution in [0.5, 0.6) is 0 Å². The summed E-state index contributed by atoms with van der Waals surface area (Å²) in [6, 6.07) is 0. The predicted molar refractivity (Wildman–Crippen MR) is 98.7 cm³/mol. The van der Waals surface area contributed by atoms with Gasteiger partial charge in [0.05, 0.1) is 0 Å². The van der Waals surface area contributed by atoms with Crippen molar-refractivity contribution < 1.29 is 0 Å². The van der Waals surface area contributed by atoms with E-state index >= 15 is 0 Å². The normalized spacial score (nSPS) is 35.7. The van der Waals surface area contributed by atoms with Crippen LogP contribution in [0.2, 0.25) is 0 Å². The van der Waals surface area contributed by atoms with Gasteiger partial charge in [-0.05, 0) is 47.2 Å². The molecule has 2 aliphatic carbocycles. The first-order chi connectivity index (χ1) is 10.4. The number of rotatable bonds is 4.